The first-order valence-corrected chi connectivity index (χ1v) is 7.59. The molecule has 0 unspecified atom stereocenters. The zero-order chi connectivity index (χ0) is 11.4. The van der Waals surface area contributed by atoms with Crippen molar-refractivity contribution in [2.45, 2.75) is 64.7 Å². The Kier molecular flexibility index (Phi) is 19.0. The van der Waals surface area contributed by atoms with Crippen LogP contribution >= 0.6 is 24.0 Å². The van der Waals surface area contributed by atoms with E-state index in [1.165, 1.54) is 57.8 Å². The molecular formula is C12H25NS2Zn. The molecule has 0 aliphatic carbocycles. The number of hydrogen-bond donors (Lipinski definition) is 1. The van der Waals surface area contributed by atoms with E-state index < -0.39 is 0 Å². The zero-order valence-electron chi connectivity index (χ0n) is 10.7. The van der Waals surface area contributed by atoms with Crippen molar-refractivity contribution in [1.29, 1.82) is 0 Å². The van der Waals surface area contributed by atoms with Gasteiger partial charge in [0.25, 0.3) is 0 Å². The van der Waals surface area contributed by atoms with Crippen molar-refractivity contribution in [3.63, 3.8) is 0 Å². The van der Waals surface area contributed by atoms with Crippen LogP contribution in [0.1, 0.15) is 64.7 Å². The molecule has 0 heterocycles. The number of hydrogen-bond acceptors (Lipinski definition) is 2. The van der Waals surface area contributed by atoms with Crippen LogP contribution in [0.4, 0.5) is 0 Å². The summed E-state index contributed by atoms with van der Waals surface area (Å²) in [7, 11) is 0. The van der Waals surface area contributed by atoms with E-state index in [-0.39, 0.29) is 19.5 Å². The van der Waals surface area contributed by atoms with E-state index in [2.05, 4.69) is 6.92 Å². The van der Waals surface area contributed by atoms with Crippen molar-refractivity contribution >= 4 is 28.3 Å². The third kappa shape index (κ3) is 17.3. The molecule has 0 aliphatic rings. The van der Waals surface area contributed by atoms with Crippen LogP contribution in [0, 0.1) is 0 Å². The number of rotatable bonds is 10. The second-order valence-corrected chi connectivity index (χ2v) is 5.83. The van der Waals surface area contributed by atoms with Crippen molar-refractivity contribution in [2.24, 2.45) is 5.73 Å². The van der Waals surface area contributed by atoms with Gasteiger partial charge < -0.3 is 5.73 Å². The SMILES string of the molecule is CCCCCCCCCCCSC(N)=S.[Zn]. The Morgan fingerprint density at radius 2 is 1.38 bits per heavy atom. The van der Waals surface area contributed by atoms with Gasteiger partial charge in [-0.05, 0) is 6.42 Å². The predicted molar refractivity (Wildman–Crippen MR) is 76.5 cm³/mol. The molecule has 2 N–H and O–H groups in total. The molecule has 0 saturated carbocycles. The van der Waals surface area contributed by atoms with Gasteiger partial charge in [-0.25, -0.2) is 0 Å². The molecule has 0 aromatic rings. The van der Waals surface area contributed by atoms with Crippen LogP contribution in [0.15, 0.2) is 0 Å². The summed E-state index contributed by atoms with van der Waals surface area (Å²) in [6.45, 7) is 2.26. The summed E-state index contributed by atoms with van der Waals surface area (Å²) in [5.74, 6) is 1.10. The van der Waals surface area contributed by atoms with Gasteiger partial charge >= 0.3 is 0 Å². The van der Waals surface area contributed by atoms with Crippen molar-refractivity contribution in [2.75, 3.05) is 5.75 Å². The van der Waals surface area contributed by atoms with Crippen LogP contribution in [-0.2, 0) is 19.5 Å². The van der Waals surface area contributed by atoms with Gasteiger partial charge in [0.15, 0.2) is 0 Å². The van der Waals surface area contributed by atoms with Crippen molar-refractivity contribution < 1.29 is 19.5 Å². The van der Waals surface area contributed by atoms with E-state index >= 15 is 0 Å². The fourth-order valence-electron chi connectivity index (χ4n) is 1.59. The van der Waals surface area contributed by atoms with Crippen molar-refractivity contribution in [1.82, 2.24) is 0 Å². The van der Waals surface area contributed by atoms with Gasteiger partial charge in [-0.3, -0.25) is 0 Å². The molecule has 0 amide bonds. The summed E-state index contributed by atoms with van der Waals surface area (Å²) < 4.78 is 0.592. The predicted octanol–water partition coefficient (Wildman–Crippen LogP) is 4.49. The van der Waals surface area contributed by atoms with Gasteiger partial charge in [0.05, 0.1) is 0 Å². The van der Waals surface area contributed by atoms with Crippen LogP contribution in [-0.4, -0.2) is 10.1 Å². The topological polar surface area (TPSA) is 26.0 Å². The van der Waals surface area contributed by atoms with Gasteiger partial charge in [-0.1, -0.05) is 82.3 Å². The maximum Gasteiger partial charge on any atom is 0.131 e. The van der Waals surface area contributed by atoms with E-state index in [4.69, 9.17) is 18.0 Å². The first-order valence-electron chi connectivity index (χ1n) is 6.19. The summed E-state index contributed by atoms with van der Waals surface area (Å²) in [6.07, 6.45) is 12.4. The third-order valence-corrected chi connectivity index (χ3v) is 3.62. The Morgan fingerprint density at radius 1 is 0.938 bits per heavy atom. The van der Waals surface area contributed by atoms with Gasteiger partial charge in [-0.15, -0.1) is 0 Å². The van der Waals surface area contributed by atoms with E-state index in [0.717, 1.165) is 5.75 Å². The van der Waals surface area contributed by atoms with Crippen LogP contribution in [0.25, 0.3) is 0 Å². The van der Waals surface area contributed by atoms with E-state index in [0.29, 0.717) is 4.32 Å². The number of thiocarbonyl (C=S) groups is 1. The molecule has 0 radical (unpaired) electrons. The molecule has 0 saturated heterocycles. The van der Waals surface area contributed by atoms with E-state index in [1.54, 1.807) is 11.8 Å². The Bertz CT molecular complexity index is 154. The summed E-state index contributed by atoms with van der Waals surface area (Å²) in [5.41, 5.74) is 5.40. The normalized spacial score (nSPS) is 9.81. The number of unbranched alkanes of at least 4 members (excludes halogenated alkanes) is 8. The maximum absolute atomic E-state index is 5.40. The second kappa shape index (κ2) is 15.9. The van der Waals surface area contributed by atoms with Crippen LogP contribution < -0.4 is 5.73 Å². The minimum absolute atomic E-state index is 0. The van der Waals surface area contributed by atoms with Gasteiger partial charge in [0, 0.05) is 25.2 Å². The maximum atomic E-state index is 5.40. The Balaban J connectivity index is 0. The molecule has 0 spiro atoms. The quantitative estimate of drug-likeness (QED) is 0.365. The average molecular weight is 313 g/mol. The largest absolute Gasteiger partial charge is 0.385 e. The van der Waals surface area contributed by atoms with Gasteiger partial charge in [0.1, 0.15) is 4.32 Å². The smallest absolute Gasteiger partial charge is 0.131 e. The Morgan fingerprint density at radius 3 is 1.81 bits per heavy atom. The molecule has 4 heteroatoms. The van der Waals surface area contributed by atoms with Crippen LogP contribution in [0.5, 0.6) is 0 Å². The Labute approximate surface area is 123 Å². The molecule has 0 rings (SSSR count). The first-order chi connectivity index (χ1) is 7.27. The molecule has 0 aromatic heterocycles. The fourth-order valence-corrected chi connectivity index (χ4v) is 2.39. The van der Waals surface area contributed by atoms with Gasteiger partial charge in [-0.2, -0.15) is 0 Å². The molecule has 0 aromatic carbocycles. The fraction of sp³-hybridized carbons (Fsp3) is 0.917. The summed E-state index contributed by atoms with van der Waals surface area (Å²) in [6, 6.07) is 0. The third-order valence-electron chi connectivity index (χ3n) is 2.49. The molecule has 0 atom stereocenters. The number of nitrogens with two attached hydrogens (primary N) is 1. The standard InChI is InChI=1S/C12H25NS2.Zn/c1-2-3-4-5-6-7-8-9-10-11-15-12(13)14;/h2-11H2,1H3,(H2,13,14);. The summed E-state index contributed by atoms with van der Waals surface area (Å²) >= 11 is 6.41. The molecule has 0 fully saturated rings. The molecule has 0 bridgehead atoms. The summed E-state index contributed by atoms with van der Waals surface area (Å²) in [4.78, 5) is 0. The van der Waals surface area contributed by atoms with E-state index in [9.17, 15) is 0 Å². The second-order valence-electron chi connectivity index (χ2n) is 4.00. The van der Waals surface area contributed by atoms with Gasteiger partial charge in [0.2, 0.25) is 0 Å². The molecule has 92 valence electrons. The van der Waals surface area contributed by atoms with Crippen LogP contribution in [0.3, 0.4) is 0 Å². The average Bonchev–Trinajstić information content (AvgIpc) is 2.20. The molecule has 16 heavy (non-hydrogen) atoms. The number of thioether (sulfide) groups is 1. The summed E-state index contributed by atoms with van der Waals surface area (Å²) in [5, 5.41) is 0. The minimum atomic E-state index is 0. The molecular weight excluding hydrogens is 288 g/mol. The monoisotopic (exact) mass is 311 g/mol. The van der Waals surface area contributed by atoms with Crippen LogP contribution in [0.2, 0.25) is 0 Å². The van der Waals surface area contributed by atoms with Crippen molar-refractivity contribution in [3.05, 3.63) is 0 Å². The minimum Gasteiger partial charge on any atom is -0.385 e. The Hall–Kier alpha value is 0.863. The van der Waals surface area contributed by atoms with E-state index in [1.807, 2.05) is 0 Å². The van der Waals surface area contributed by atoms with Crippen molar-refractivity contribution in [3.8, 4) is 0 Å². The molecule has 0 aliphatic heterocycles. The first kappa shape index (κ1) is 19.2. The molecule has 1 nitrogen and oxygen atoms in total. The zero-order valence-corrected chi connectivity index (χ0v) is 15.3.